The molecule has 2 rings (SSSR count). The third-order valence-electron chi connectivity index (χ3n) is 2.15. The average molecular weight is 285 g/mol. The molecule has 1 aromatic carbocycles. The van der Waals surface area contributed by atoms with Crippen molar-refractivity contribution in [1.82, 2.24) is 9.71 Å². The van der Waals surface area contributed by atoms with E-state index in [-0.39, 0.29) is 21.4 Å². The number of halogens is 2. The van der Waals surface area contributed by atoms with Gasteiger partial charge in [-0.1, -0.05) is 6.07 Å². The zero-order valence-electron chi connectivity index (χ0n) is 9.20. The Morgan fingerprint density at radius 1 is 1.53 bits per heavy atom. The lowest BCUT2D eigenvalue weighted by Gasteiger charge is -2.01. The molecule has 0 spiro atoms. The molecular formula is C10H6ClFN4O3. The molecule has 0 saturated carbocycles. The normalized spacial score (nSPS) is 11.6. The Kier molecular flexibility index (Phi) is 3.43. The van der Waals surface area contributed by atoms with Crippen LogP contribution in [0, 0.1) is 15.9 Å². The van der Waals surface area contributed by atoms with Crippen molar-refractivity contribution in [2.24, 2.45) is 4.99 Å². The fourth-order valence-electron chi connectivity index (χ4n) is 1.31. The van der Waals surface area contributed by atoms with Gasteiger partial charge in [0.2, 0.25) is 10.8 Å². The Morgan fingerprint density at radius 2 is 2.26 bits per heavy atom. The van der Waals surface area contributed by atoms with Crippen molar-refractivity contribution in [3.63, 3.8) is 0 Å². The number of nitro groups is 1. The van der Waals surface area contributed by atoms with E-state index in [1.807, 2.05) is 0 Å². The Balaban J connectivity index is 2.62. The molecule has 0 fully saturated rings. The molecule has 0 aliphatic heterocycles. The molecule has 0 radical (unpaired) electrons. The highest BCUT2D eigenvalue weighted by Crippen LogP contribution is 2.19. The minimum atomic E-state index is -0.918. The number of hydrogen-bond acceptors (Lipinski definition) is 5. The minimum Gasteiger partial charge on any atom is -0.424 e. The van der Waals surface area contributed by atoms with Crippen LogP contribution >= 0.6 is 11.6 Å². The topological polar surface area (TPSA) is 93.5 Å². The van der Waals surface area contributed by atoms with Crippen molar-refractivity contribution >= 4 is 23.0 Å². The van der Waals surface area contributed by atoms with Crippen LogP contribution in [0.5, 0.6) is 0 Å². The molecule has 7 nitrogen and oxygen atoms in total. The highest BCUT2D eigenvalue weighted by molar-refractivity contribution is 6.28. The van der Waals surface area contributed by atoms with E-state index in [1.54, 1.807) is 0 Å². The third-order valence-corrected chi connectivity index (χ3v) is 2.41. The fourth-order valence-corrected chi connectivity index (χ4v) is 1.44. The standard InChI is InChI=1S/C10H6ClFN4O3/c11-10-13-5-8(12)9(15(10)17)14-6-2-1-3-7(4-6)16(18)19/h1-5,17H. The Morgan fingerprint density at radius 3 is 2.95 bits per heavy atom. The number of rotatable bonds is 2. The number of hydrogen-bond donors (Lipinski definition) is 1. The van der Waals surface area contributed by atoms with Gasteiger partial charge in [-0.15, -0.1) is 4.73 Å². The van der Waals surface area contributed by atoms with Gasteiger partial charge < -0.3 is 5.21 Å². The lowest BCUT2D eigenvalue weighted by atomic mass is 10.3. The van der Waals surface area contributed by atoms with Gasteiger partial charge in [0.25, 0.3) is 5.69 Å². The molecule has 98 valence electrons. The van der Waals surface area contributed by atoms with Crippen LogP contribution in [0.2, 0.25) is 5.28 Å². The second-order valence-electron chi connectivity index (χ2n) is 3.40. The summed E-state index contributed by atoms with van der Waals surface area (Å²) in [5.74, 6) is -0.918. The van der Waals surface area contributed by atoms with Gasteiger partial charge in [-0.05, 0) is 17.7 Å². The van der Waals surface area contributed by atoms with Crippen molar-refractivity contribution in [3.8, 4) is 0 Å². The SMILES string of the molecule is O=[N+]([O-])c1cccc(N=c2c(F)cnc(Cl)n2O)c1. The minimum absolute atomic E-state index is 0.0955. The first-order valence-electron chi connectivity index (χ1n) is 4.90. The predicted molar refractivity (Wildman–Crippen MR) is 62.7 cm³/mol. The van der Waals surface area contributed by atoms with Crippen LogP contribution in [0.3, 0.4) is 0 Å². The highest BCUT2D eigenvalue weighted by atomic mass is 35.5. The van der Waals surface area contributed by atoms with E-state index in [0.717, 1.165) is 12.3 Å². The van der Waals surface area contributed by atoms with Crippen LogP contribution < -0.4 is 5.49 Å². The number of aromatic nitrogens is 2. The molecular weight excluding hydrogens is 279 g/mol. The van der Waals surface area contributed by atoms with Crippen molar-refractivity contribution in [2.75, 3.05) is 0 Å². The van der Waals surface area contributed by atoms with Crippen molar-refractivity contribution in [2.45, 2.75) is 0 Å². The summed E-state index contributed by atoms with van der Waals surface area (Å²) in [4.78, 5) is 17.1. The fraction of sp³-hybridized carbons (Fsp3) is 0. The van der Waals surface area contributed by atoms with E-state index in [9.17, 15) is 19.7 Å². The molecule has 0 unspecified atom stereocenters. The van der Waals surface area contributed by atoms with Crippen LogP contribution in [0.25, 0.3) is 0 Å². The summed E-state index contributed by atoms with van der Waals surface area (Å²) in [5, 5.41) is 19.7. The van der Waals surface area contributed by atoms with E-state index < -0.39 is 16.2 Å². The Hall–Kier alpha value is -2.48. The van der Waals surface area contributed by atoms with E-state index in [4.69, 9.17) is 11.6 Å². The molecule has 0 aliphatic rings. The van der Waals surface area contributed by atoms with Crippen LogP contribution in [0.4, 0.5) is 15.8 Å². The van der Waals surface area contributed by atoms with E-state index >= 15 is 0 Å². The molecule has 0 aliphatic carbocycles. The van der Waals surface area contributed by atoms with Gasteiger partial charge in [0, 0.05) is 12.1 Å². The van der Waals surface area contributed by atoms with Crippen LogP contribution in [-0.4, -0.2) is 19.8 Å². The maximum absolute atomic E-state index is 13.4. The van der Waals surface area contributed by atoms with Gasteiger partial charge >= 0.3 is 0 Å². The van der Waals surface area contributed by atoms with Gasteiger partial charge in [-0.3, -0.25) is 10.1 Å². The average Bonchev–Trinajstić information content (AvgIpc) is 2.39. The molecule has 9 heteroatoms. The van der Waals surface area contributed by atoms with E-state index in [2.05, 4.69) is 9.98 Å². The first-order chi connectivity index (χ1) is 8.99. The number of benzene rings is 1. The smallest absolute Gasteiger partial charge is 0.271 e. The number of non-ortho nitro benzene ring substituents is 1. The van der Waals surface area contributed by atoms with Gasteiger partial charge in [0.1, 0.15) is 0 Å². The molecule has 0 bridgehead atoms. The van der Waals surface area contributed by atoms with Crippen LogP contribution in [-0.2, 0) is 0 Å². The summed E-state index contributed by atoms with van der Waals surface area (Å²) < 4.78 is 13.7. The molecule has 1 aromatic heterocycles. The Labute approximate surface area is 110 Å². The van der Waals surface area contributed by atoms with Crippen LogP contribution in [0.1, 0.15) is 0 Å². The predicted octanol–water partition coefficient (Wildman–Crippen LogP) is 2.05. The first-order valence-corrected chi connectivity index (χ1v) is 5.28. The summed E-state index contributed by atoms with van der Waals surface area (Å²) in [6, 6.07) is 5.20. The summed E-state index contributed by atoms with van der Waals surface area (Å²) in [6.07, 6.45) is 0.783. The summed E-state index contributed by atoms with van der Waals surface area (Å²) in [5.41, 5.74) is -0.607. The maximum Gasteiger partial charge on any atom is 0.271 e. The maximum atomic E-state index is 13.4. The van der Waals surface area contributed by atoms with E-state index in [1.165, 1.54) is 18.2 Å². The first kappa shape index (κ1) is 13.0. The molecule has 0 atom stereocenters. The summed E-state index contributed by atoms with van der Waals surface area (Å²) >= 11 is 5.50. The van der Waals surface area contributed by atoms with Gasteiger partial charge in [-0.25, -0.2) is 14.4 Å². The molecule has 1 heterocycles. The zero-order valence-corrected chi connectivity index (χ0v) is 9.95. The molecule has 19 heavy (non-hydrogen) atoms. The van der Waals surface area contributed by atoms with Crippen molar-refractivity contribution < 1.29 is 14.5 Å². The van der Waals surface area contributed by atoms with Crippen molar-refractivity contribution in [1.29, 1.82) is 0 Å². The van der Waals surface area contributed by atoms with Gasteiger partial charge in [-0.2, -0.15) is 0 Å². The lowest BCUT2D eigenvalue weighted by Crippen LogP contribution is -2.23. The van der Waals surface area contributed by atoms with E-state index in [0.29, 0.717) is 0 Å². The number of nitrogens with zero attached hydrogens (tertiary/aromatic N) is 4. The highest BCUT2D eigenvalue weighted by Gasteiger charge is 2.08. The zero-order chi connectivity index (χ0) is 14.0. The molecule has 1 N–H and O–H groups in total. The summed E-state index contributed by atoms with van der Waals surface area (Å²) in [7, 11) is 0. The third kappa shape index (κ3) is 2.68. The Bertz CT molecular complexity index is 716. The summed E-state index contributed by atoms with van der Waals surface area (Å²) in [6.45, 7) is 0. The van der Waals surface area contributed by atoms with Crippen LogP contribution in [0.15, 0.2) is 35.5 Å². The molecule has 2 aromatic rings. The monoisotopic (exact) mass is 284 g/mol. The quantitative estimate of drug-likeness (QED) is 0.395. The van der Waals surface area contributed by atoms with Crippen molar-refractivity contribution in [3.05, 3.63) is 57.2 Å². The number of nitro benzene ring substituents is 1. The largest absolute Gasteiger partial charge is 0.424 e. The molecule has 0 saturated heterocycles. The second kappa shape index (κ2) is 5.02. The lowest BCUT2D eigenvalue weighted by molar-refractivity contribution is -0.384. The van der Waals surface area contributed by atoms with Gasteiger partial charge in [0.05, 0.1) is 16.8 Å². The molecule has 0 amide bonds. The second-order valence-corrected chi connectivity index (χ2v) is 3.74. The van der Waals surface area contributed by atoms with Gasteiger partial charge in [0.15, 0.2) is 5.82 Å².